The molecule has 0 saturated carbocycles. The van der Waals surface area contributed by atoms with Crippen LogP contribution in [-0.4, -0.2) is 30.7 Å². The van der Waals surface area contributed by atoms with Crippen molar-refractivity contribution in [2.24, 2.45) is 0 Å². The summed E-state index contributed by atoms with van der Waals surface area (Å²) < 4.78 is 55.4. The van der Waals surface area contributed by atoms with Crippen LogP contribution in [0.5, 0.6) is 5.75 Å². The number of ether oxygens (including phenoxy) is 1. The molecule has 0 spiro atoms. The van der Waals surface area contributed by atoms with Gasteiger partial charge in [-0.15, -0.1) is 0 Å². The number of hydrogen-bond donors (Lipinski definition) is 1. The van der Waals surface area contributed by atoms with Crippen molar-refractivity contribution in [3.63, 3.8) is 0 Å². The third-order valence-corrected chi connectivity index (χ3v) is 4.66. The Labute approximate surface area is 145 Å². The summed E-state index contributed by atoms with van der Waals surface area (Å²) in [6, 6.07) is 3.76. The minimum Gasteiger partial charge on any atom is -0.434 e. The van der Waals surface area contributed by atoms with Gasteiger partial charge in [-0.3, -0.25) is 0 Å². The summed E-state index contributed by atoms with van der Waals surface area (Å²) in [7, 11) is -0.744. The summed E-state index contributed by atoms with van der Waals surface area (Å²) >= 11 is 4.23. The minimum absolute atomic E-state index is 0.0865. The fourth-order valence-corrected chi connectivity index (χ4v) is 2.46. The molecule has 3 nitrogen and oxygen atoms in total. The Morgan fingerprint density at radius 3 is 2.33 bits per heavy atom. The van der Waals surface area contributed by atoms with Crippen molar-refractivity contribution in [1.82, 2.24) is 0 Å². The Kier molecular flexibility index (Phi) is 5.62. The average molecular weight is 360 g/mol. The normalized spacial score (nSPS) is 19.9. The lowest BCUT2D eigenvalue weighted by atomic mass is 9.78. The van der Waals surface area contributed by atoms with Crippen LogP contribution in [0.15, 0.2) is 23.7 Å². The SMILES string of the molecule is CC1(C)OB(C(=Cc2c(F)cccc2OC(F)F)CS)OC1(C)C. The van der Waals surface area contributed by atoms with Gasteiger partial charge in [-0.2, -0.15) is 21.4 Å². The van der Waals surface area contributed by atoms with Crippen molar-refractivity contribution in [2.75, 3.05) is 5.75 Å². The van der Waals surface area contributed by atoms with E-state index in [0.717, 1.165) is 0 Å². The molecule has 1 aromatic carbocycles. The largest absolute Gasteiger partial charge is 0.491 e. The molecular weight excluding hydrogens is 340 g/mol. The summed E-state index contributed by atoms with van der Waals surface area (Å²) in [5, 5.41) is 0. The molecule has 1 aliphatic heterocycles. The fourth-order valence-electron chi connectivity index (χ4n) is 2.22. The van der Waals surface area contributed by atoms with E-state index in [0.29, 0.717) is 5.47 Å². The van der Waals surface area contributed by atoms with Crippen molar-refractivity contribution in [1.29, 1.82) is 0 Å². The Balaban J connectivity index is 2.39. The third-order valence-electron chi connectivity index (χ3n) is 4.30. The van der Waals surface area contributed by atoms with E-state index in [2.05, 4.69) is 17.4 Å². The first kappa shape index (κ1) is 19.2. The Morgan fingerprint density at radius 2 is 1.83 bits per heavy atom. The zero-order chi connectivity index (χ0) is 18.1. The molecule has 1 fully saturated rings. The molecule has 0 radical (unpaired) electrons. The van der Waals surface area contributed by atoms with Crippen LogP contribution in [-0.2, 0) is 9.31 Å². The Bertz CT molecular complexity index is 619. The lowest BCUT2D eigenvalue weighted by Crippen LogP contribution is -2.41. The molecule has 2 rings (SSSR count). The smallest absolute Gasteiger partial charge is 0.434 e. The van der Waals surface area contributed by atoms with E-state index in [1.165, 1.54) is 24.3 Å². The highest BCUT2D eigenvalue weighted by Crippen LogP contribution is 2.39. The van der Waals surface area contributed by atoms with Crippen LogP contribution < -0.4 is 4.74 Å². The highest BCUT2D eigenvalue weighted by molar-refractivity contribution is 7.80. The van der Waals surface area contributed by atoms with Crippen LogP contribution in [0.3, 0.4) is 0 Å². The van der Waals surface area contributed by atoms with Crippen molar-refractivity contribution in [2.45, 2.75) is 45.5 Å². The second kappa shape index (κ2) is 7.02. The molecule has 0 amide bonds. The van der Waals surface area contributed by atoms with Gasteiger partial charge in [-0.05, 0) is 45.3 Å². The van der Waals surface area contributed by atoms with Crippen molar-refractivity contribution in [3.05, 3.63) is 35.1 Å². The summed E-state index contributed by atoms with van der Waals surface area (Å²) in [4.78, 5) is 0. The van der Waals surface area contributed by atoms with Crippen LogP contribution in [0, 0.1) is 5.82 Å². The van der Waals surface area contributed by atoms with E-state index >= 15 is 0 Å². The molecule has 1 heterocycles. The second-order valence-corrected chi connectivity index (χ2v) is 6.81. The first-order chi connectivity index (χ1) is 11.1. The average Bonchev–Trinajstić information content (AvgIpc) is 2.66. The van der Waals surface area contributed by atoms with E-state index < -0.39 is 30.7 Å². The Morgan fingerprint density at radius 1 is 1.25 bits per heavy atom. The van der Waals surface area contributed by atoms with Crippen molar-refractivity contribution in [3.8, 4) is 5.75 Å². The van der Waals surface area contributed by atoms with Gasteiger partial charge in [-0.25, -0.2) is 4.39 Å². The molecule has 1 saturated heterocycles. The van der Waals surface area contributed by atoms with E-state index in [-0.39, 0.29) is 17.1 Å². The molecule has 0 bridgehead atoms. The predicted octanol–water partition coefficient (Wildman–Crippen LogP) is 4.37. The molecule has 1 aromatic rings. The van der Waals surface area contributed by atoms with Gasteiger partial charge in [-0.1, -0.05) is 12.1 Å². The maximum absolute atomic E-state index is 14.1. The molecule has 0 N–H and O–H groups in total. The molecule has 1 aliphatic rings. The summed E-state index contributed by atoms with van der Waals surface area (Å²) in [5.74, 6) is -0.719. The molecule has 0 unspecified atom stereocenters. The monoisotopic (exact) mass is 360 g/mol. The van der Waals surface area contributed by atoms with Crippen LogP contribution in [0.2, 0.25) is 0 Å². The first-order valence-corrected chi connectivity index (χ1v) is 8.11. The molecule has 8 heteroatoms. The van der Waals surface area contributed by atoms with Gasteiger partial charge in [0.1, 0.15) is 11.6 Å². The lowest BCUT2D eigenvalue weighted by molar-refractivity contribution is -0.0501. The molecule has 0 aliphatic carbocycles. The molecule has 132 valence electrons. The van der Waals surface area contributed by atoms with Crippen LogP contribution >= 0.6 is 12.6 Å². The summed E-state index contributed by atoms with van der Waals surface area (Å²) in [6.07, 6.45) is 1.39. The second-order valence-electron chi connectivity index (χ2n) is 6.50. The quantitative estimate of drug-likeness (QED) is 0.624. The highest BCUT2D eigenvalue weighted by Gasteiger charge is 2.52. The van der Waals surface area contributed by atoms with Gasteiger partial charge in [0.15, 0.2) is 0 Å². The van der Waals surface area contributed by atoms with E-state index in [4.69, 9.17) is 9.31 Å². The first-order valence-electron chi connectivity index (χ1n) is 7.47. The number of halogens is 3. The zero-order valence-corrected chi connectivity index (χ0v) is 14.9. The predicted molar refractivity (Wildman–Crippen MR) is 90.9 cm³/mol. The van der Waals surface area contributed by atoms with Gasteiger partial charge in [0.25, 0.3) is 0 Å². The topological polar surface area (TPSA) is 27.7 Å². The maximum Gasteiger partial charge on any atom is 0.491 e. The van der Waals surface area contributed by atoms with E-state index in [1.807, 2.05) is 27.7 Å². The van der Waals surface area contributed by atoms with Crippen LogP contribution in [0.1, 0.15) is 33.3 Å². The van der Waals surface area contributed by atoms with Gasteiger partial charge in [0, 0.05) is 5.75 Å². The number of alkyl halides is 2. The van der Waals surface area contributed by atoms with Crippen molar-refractivity contribution >= 4 is 25.8 Å². The third kappa shape index (κ3) is 3.92. The van der Waals surface area contributed by atoms with Crippen molar-refractivity contribution < 1.29 is 27.2 Å². The number of benzene rings is 1. The lowest BCUT2D eigenvalue weighted by Gasteiger charge is -2.32. The van der Waals surface area contributed by atoms with E-state index in [1.54, 1.807) is 0 Å². The molecule has 0 atom stereocenters. The number of rotatable bonds is 5. The van der Waals surface area contributed by atoms with Gasteiger partial charge >= 0.3 is 13.7 Å². The summed E-state index contributed by atoms with van der Waals surface area (Å²) in [6.45, 7) is 4.50. The van der Waals surface area contributed by atoms with Crippen LogP contribution in [0.4, 0.5) is 13.2 Å². The fraction of sp³-hybridized carbons (Fsp3) is 0.500. The van der Waals surface area contributed by atoms with Crippen LogP contribution in [0.25, 0.3) is 6.08 Å². The maximum atomic E-state index is 14.1. The standard InChI is InChI=1S/C16H20BF3O3S/c1-15(2)16(3,4)23-17(22-15)10(9-24)8-11-12(18)6-5-7-13(11)21-14(19)20/h5-8,14,24H,9H2,1-4H3. The zero-order valence-electron chi connectivity index (χ0n) is 14.0. The number of thiol groups is 1. The minimum atomic E-state index is -3.05. The molecule has 0 aromatic heterocycles. The molecular formula is C16H20BF3O3S. The highest BCUT2D eigenvalue weighted by atomic mass is 32.1. The molecule has 24 heavy (non-hydrogen) atoms. The Hall–Kier alpha value is -1.12. The van der Waals surface area contributed by atoms with Gasteiger partial charge < -0.3 is 14.0 Å². The number of hydrogen-bond acceptors (Lipinski definition) is 4. The van der Waals surface area contributed by atoms with E-state index in [9.17, 15) is 13.2 Å². The summed E-state index contributed by atoms with van der Waals surface area (Å²) in [5.41, 5.74) is -0.716. The van der Waals surface area contributed by atoms with Gasteiger partial charge in [0.05, 0.1) is 16.8 Å². The van der Waals surface area contributed by atoms with Gasteiger partial charge in [0.2, 0.25) is 0 Å².